The highest BCUT2D eigenvalue weighted by Crippen LogP contribution is 2.21. The van der Waals surface area contributed by atoms with E-state index in [9.17, 15) is 13.5 Å². The topological polar surface area (TPSA) is 54.4 Å². The second-order valence-electron chi connectivity index (χ2n) is 2.81. The minimum atomic E-state index is -3.36. The van der Waals surface area contributed by atoms with Crippen LogP contribution in [0, 0.1) is 0 Å². The van der Waals surface area contributed by atoms with Gasteiger partial charge >= 0.3 is 0 Å². The van der Waals surface area contributed by atoms with Crippen LogP contribution in [0.1, 0.15) is 5.56 Å². The van der Waals surface area contributed by atoms with Crippen molar-refractivity contribution in [1.29, 1.82) is 0 Å². The van der Waals surface area contributed by atoms with E-state index in [1.807, 2.05) is 0 Å². The number of aliphatic hydroxyl groups excluding tert-OH is 1. The molecule has 1 aromatic rings. The predicted molar refractivity (Wildman–Crippen MR) is 56.9 cm³/mol. The van der Waals surface area contributed by atoms with E-state index in [0.29, 0.717) is 10.6 Å². The standard InChI is InChI=1S/C9H9ClO3S/c1-14(12,13)6-9(11)7-4-2-3-5-8(7)10/h2-6,11H,1H3. The molecule has 1 aromatic carbocycles. The van der Waals surface area contributed by atoms with Crippen LogP contribution in [0.3, 0.4) is 0 Å². The first kappa shape index (κ1) is 11.1. The molecule has 0 saturated heterocycles. The Balaban J connectivity index is 3.20. The predicted octanol–water partition coefficient (Wildman–Crippen LogP) is 2.24. The summed E-state index contributed by atoms with van der Waals surface area (Å²) >= 11 is 5.75. The van der Waals surface area contributed by atoms with Crippen molar-refractivity contribution in [1.82, 2.24) is 0 Å². The summed E-state index contributed by atoms with van der Waals surface area (Å²) in [4.78, 5) is 0. The molecule has 5 heteroatoms. The van der Waals surface area contributed by atoms with Crippen LogP contribution in [0.2, 0.25) is 5.02 Å². The summed E-state index contributed by atoms with van der Waals surface area (Å²) in [5.74, 6) is -0.349. The lowest BCUT2D eigenvalue weighted by molar-refractivity contribution is 0.512. The largest absolute Gasteiger partial charge is 0.507 e. The molecule has 1 rings (SSSR count). The number of benzene rings is 1. The second kappa shape index (κ2) is 4.02. The summed E-state index contributed by atoms with van der Waals surface area (Å²) in [7, 11) is -3.36. The molecular formula is C9H9ClO3S. The molecule has 0 fully saturated rings. The molecule has 0 radical (unpaired) electrons. The van der Waals surface area contributed by atoms with Crippen molar-refractivity contribution in [3.05, 3.63) is 40.3 Å². The fourth-order valence-electron chi connectivity index (χ4n) is 0.935. The Hall–Kier alpha value is -1.00. The lowest BCUT2D eigenvalue weighted by Gasteiger charge is -2.01. The van der Waals surface area contributed by atoms with Gasteiger partial charge in [-0.1, -0.05) is 23.7 Å². The molecule has 14 heavy (non-hydrogen) atoms. The summed E-state index contributed by atoms with van der Waals surface area (Å²) in [5, 5.41) is 10.5. The maximum atomic E-state index is 10.8. The van der Waals surface area contributed by atoms with Gasteiger partial charge in [0.05, 0.1) is 10.4 Å². The molecule has 0 aromatic heterocycles. The van der Waals surface area contributed by atoms with E-state index >= 15 is 0 Å². The zero-order valence-electron chi connectivity index (χ0n) is 7.44. The molecule has 0 unspecified atom stereocenters. The molecule has 76 valence electrons. The van der Waals surface area contributed by atoms with Crippen molar-refractivity contribution >= 4 is 27.2 Å². The summed E-state index contributed by atoms with van der Waals surface area (Å²) in [6.07, 6.45) is 1.00. The van der Waals surface area contributed by atoms with Gasteiger partial charge in [-0.3, -0.25) is 0 Å². The van der Waals surface area contributed by atoms with E-state index in [1.165, 1.54) is 0 Å². The van der Waals surface area contributed by atoms with Crippen molar-refractivity contribution < 1.29 is 13.5 Å². The third-order valence-electron chi connectivity index (χ3n) is 1.48. The minimum Gasteiger partial charge on any atom is -0.507 e. The Kier molecular flexibility index (Phi) is 3.18. The highest BCUT2D eigenvalue weighted by Gasteiger charge is 2.06. The van der Waals surface area contributed by atoms with Gasteiger partial charge in [0.1, 0.15) is 5.76 Å². The number of hydrogen-bond donors (Lipinski definition) is 1. The monoisotopic (exact) mass is 232 g/mol. The summed E-state index contributed by atoms with van der Waals surface area (Å²) in [6, 6.07) is 6.47. The summed E-state index contributed by atoms with van der Waals surface area (Å²) < 4.78 is 21.7. The number of sulfone groups is 1. The first-order valence-corrected chi connectivity index (χ1v) is 6.09. The van der Waals surface area contributed by atoms with Gasteiger partial charge in [-0.15, -0.1) is 0 Å². The molecule has 0 aliphatic carbocycles. The minimum absolute atomic E-state index is 0.305. The molecule has 0 saturated carbocycles. The van der Waals surface area contributed by atoms with Crippen LogP contribution in [0.25, 0.3) is 5.76 Å². The molecule has 0 aliphatic rings. The lowest BCUT2D eigenvalue weighted by Crippen LogP contribution is -1.93. The lowest BCUT2D eigenvalue weighted by atomic mass is 10.2. The molecular weight excluding hydrogens is 224 g/mol. The first-order chi connectivity index (χ1) is 6.40. The number of halogens is 1. The van der Waals surface area contributed by atoms with E-state index < -0.39 is 9.84 Å². The van der Waals surface area contributed by atoms with Crippen LogP contribution in [0.4, 0.5) is 0 Å². The zero-order chi connectivity index (χ0) is 10.8. The molecule has 0 aliphatic heterocycles. The Bertz CT molecular complexity index is 463. The average molecular weight is 233 g/mol. The van der Waals surface area contributed by atoms with E-state index in [0.717, 1.165) is 11.7 Å². The van der Waals surface area contributed by atoms with Gasteiger partial charge < -0.3 is 5.11 Å². The normalized spacial score (nSPS) is 12.9. The van der Waals surface area contributed by atoms with Crippen LogP contribution < -0.4 is 0 Å². The van der Waals surface area contributed by atoms with Gasteiger partial charge in [-0.25, -0.2) is 8.42 Å². The van der Waals surface area contributed by atoms with Gasteiger partial charge in [0.15, 0.2) is 9.84 Å². The molecule has 0 atom stereocenters. The van der Waals surface area contributed by atoms with Crippen LogP contribution >= 0.6 is 11.6 Å². The van der Waals surface area contributed by atoms with E-state index in [2.05, 4.69) is 0 Å². The van der Waals surface area contributed by atoms with Crippen LogP contribution in [-0.2, 0) is 9.84 Å². The van der Waals surface area contributed by atoms with Crippen molar-refractivity contribution in [2.45, 2.75) is 0 Å². The Morgan fingerprint density at radius 3 is 2.50 bits per heavy atom. The Labute approximate surface area is 87.6 Å². The third kappa shape index (κ3) is 3.05. The highest BCUT2D eigenvalue weighted by molar-refractivity contribution is 7.93. The van der Waals surface area contributed by atoms with Gasteiger partial charge in [0, 0.05) is 11.8 Å². The summed E-state index contributed by atoms with van der Waals surface area (Å²) in [6.45, 7) is 0. The van der Waals surface area contributed by atoms with E-state index in [-0.39, 0.29) is 5.76 Å². The maximum absolute atomic E-state index is 10.8. The van der Waals surface area contributed by atoms with Crippen LogP contribution in [0.5, 0.6) is 0 Å². The van der Waals surface area contributed by atoms with Crippen molar-refractivity contribution in [3.8, 4) is 0 Å². The number of aliphatic hydroxyl groups is 1. The molecule has 0 spiro atoms. The third-order valence-corrected chi connectivity index (χ3v) is 2.46. The second-order valence-corrected chi connectivity index (χ2v) is 5.11. The van der Waals surface area contributed by atoms with Crippen molar-refractivity contribution in [3.63, 3.8) is 0 Å². The zero-order valence-corrected chi connectivity index (χ0v) is 9.01. The van der Waals surface area contributed by atoms with E-state index in [4.69, 9.17) is 11.6 Å². The van der Waals surface area contributed by atoms with E-state index in [1.54, 1.807) is 24.3 Å². The average Bonchev–Trinajstić information content (AvgIpc) is 2.01. The van der Waals surface area contributed by atoms with Crippen molar-refractivity contribution in [2.24, 2.45) is 0 Å². The maximum Gasteiger partial charge on any atom is 0.172 e. The molecule has 0 amide bonds. The molecule has 3 nitrogen and oxygen atoms in total. The van der Waals surface area contributed by atoms with Crippen LogP contribution in [-0.4, -0.2) is 19.8 Å². The Morgan fingerprint density at radius 2 is 2.00 bits per heavy atom. The van der Waals surface area contributed by atoms with Crippen LogP contribution in [0.15, 0.2) is 29.7 Å². The highest BCUT2D eigenvalue weighted by atomic mass is 35.5. The Morgan fingerprint density at radius 1 is 1.43 bits per heavy atom. The number of hydrogen-bond acceptors (Lipinski definition) is 3. The van der Waals surface area contributed by atoms with Gasteiger partial charge in [-0.2, -0.15) is 0 Å². The van der Waals surface area contributed by atoms with Gasteiger partial charge in [0.2, 0.25) is 0 Å². The molecule has 0 heterocycles. The molecule has 0 bridgehead atoms. The van der Waals surface area contributed by atoms with Crippen molar-refractivity contribution in [2.75, 3.05) is 6.26 Å². The molecule has 1 N–H and O–H groups in total. The first-order valence-electron chi connectivity index (χ1n) is 3.76. The smallest absolute Gasteiger partial charge is 0.172 e. The summed E-state index contributed by atoms with van der Waals surface area (Å²) in [5.41, 5.74) is 0.305. The van der Waals surface area contributed by atoms with Gasteiger partial charge in [0.25, 0.3) is 0 Å². The quantitative estimate of drug-likeness (QED) is 0.796. The SMILES string of the molecule is CS(=O)(=O)C=C(O)c1ccccc1Cl. The van der Waals surface area contributed by atoms with Gasteiger partial charge in [-0.05, 0) is 12.1 Å². The fraction of sp³-hybridized carbons (Fsp3) is 0.111. The fourth-order valence-corrected chi connectivity index (χ4v) is 1.70. The number of rotatable bonds is 2.